The summed E-state index contributed by atoms with van der Waals surface area (Å²) < 4.78 is 19.0. The van der Waals surface area contributed by atoms with E-state index in [2.05, 4.69) is 19.9 Å². The summed E-state index contributed by atoms with van der Waals surface area (Å²) in [5, 5.41) is 0. The van der Waals surface area contributed by atoms with Crippen LogP contribution < -0.4 is 10.5 Å². The van der Waals surface area contributed by atoms with Gasteiger partial charge < -0.3 is 15.5 Å². The van der Waals surface area contributed by atoms with E-state index < -0.39 is 5.82 Å². The maximum Gasteiger partial charge on any atom is 0.248 e. The molecular weight excluding hydrogens is 237 g/mol. The van der Waals surface area contributed by atoms with Gasteiger partial charge in [0, 0.05) is 0 Å². The molecule has 18 heavy (non-hydrogen) atoms. The first kappa shape index (κ1) is 10.5. The molecule has 7 heteroatoms. The van der Waals surface area contributed by atoms with Crippen molar-refractivity contribution < 1.29 is 9.13 Å². The molecule has 1 aromatic carbocycles. The number of imidazole rings is 1. The standard InChI is InChI=1S/C11H8FN5O/c12-6-2-1-3-7(13)9(6)18-11-8-10(15-4-14-8)16-5-17-11/h1-5H,13H2,(H,14,15,16,17). The second-order valence-corrected chi connectivity index (χ2v) is 3.54. The molecule has 0 fully saturated rings. The monoisotopic (exact) mass is 245 g/mol. The summed E-state index contributed by atoms with van der Waals surface area (Å²) in [6.45, 7) is 0. The van der Waals surface area contributed by atoms with Crippen LogP contribution in [0.15, 0.2) is 30.9 Å². The van der Waals surface area contributed by atoms with Gasteiger partial charge in [-0.25, -0.2) is 14.4 Å². The van der Waals surface area contributed by atoms with Crippen molar-refractivity contribution in [1.82, 2.24) is 19.9 Å². The Morgan fingerprint density at radius 1 is 1.22 bits per heavy atom. The van der Waals surface area contributed by atoms with Crippen molar-refractivity contribution in [3.8, 4) is 11.6 Å². The van der Waals surface area contributed by atoms with Crippen LogP contribution in [0, 0.1) is 5.82 Å². The van der Waals surface area contributed by atoms with Crippen LogP contribution in [0.25, 0.3) is 11.2 Å². The van der Waals surface area contributed by atoms with Crippen molar-refractivity contribution >= 4 is 16.9 Å². The number of nitrogen functional groups attached to an aromatic ring is 1. The molecule has 0 radical (unpaired) electrons. The number of anilines is 1. The molecule has 0 aliphatic carbocycles. The fraction of sp³-hybridized carbons (Fsp3) is 0. The molecule has 6 nitrogen and oxygen atoms in total. The molecular formula is C11H8FN5O. The molecule has 3 rings (SSSR count). The fourth-order valence-electron chi connectivity index (χ4n) is 1.55. The van der Waals surface area contributed by atoms with Crippen molar-refractivity contribution in [2.24, 2.45) is 0 Å². The minimum Gasteiger partial charge on any atom is -0.432 e. The number of hydrogen-bond donors (Lipinski definition) is 2. The summed E-state index contributed by atoms with van der Waals surface area (Å²) in [6, 6.07) is 4.31. The van der Waals surface area contributed by atoms with Gasteiger partial charge in [-0.3, -0.25) is 0 Å². The van der Waals surface area contributed by atoms with E-state index in [1.165, 1.54) is 24.8 Å². The highest BCUT2D eigenvalue weighted by Gasteiger charge is 2.13. The molecule has 0 aliphatic heterocycles. The Labute approximate surface area is 101 Å². The Bertz CT molecular complexity index is 691. The largest absolute Gasteiger partial charge is 0.432 e. The van der Waals surface area contributed by atoms with E-state index in [-0.39, 0.29) is 17.3 Å². The first-order chi connectivity index (χ1) is 8.75. The normalized spacial score (nSPS) is 10.7. The van der Waals surface area contributed by atoms with E-state index in [4.69, 9.17) is 10.5 Å². The molecule has 2 heterocycles. The Kier molecular flexibility index (Phi) is 2.30. The molecule has 0 spiro atoms. The number of nitrogens with two attached hydrogens (primary N) is 1. The Morgan fingerprint density at radius 3 is 2.94 bits per heavy atom. The SMILES string of the molecule is Nc1cccc(F)c1Oc1ncnc2nc[nH]c12. The number of nitrogens with one attached hydrogen (secondary N) is 1. The van der Waals surface area contributed by atoms with Gasteiger partial charge in [0.15, 0.2) is 17.2 Å². The first-order valence-corrected chi connectivity index (χ1v) is 5.11. The zero-order valence-electron chi connectivity index (χ0n) is 9.09. The molecule has 3 aromatic rings. The van der Waals surface area contributed by atoms with Gasteiger partial charge in [-0.1, -0.05) is 6.07 Å². The van der Waals surface area contributed by atoms with Gasteiger partial charge in [0.2, 0.25) is 5.88 Å². The topological polar surface area (TPSA) is 89.7 Å². The second kappa shape index (κ2) is 3.95. The van der Waals surface area contributed by atoms with Gasteiger partial charge in [0.1, 0.15) is 11.8 Å². The van der Waals surface area contributed by atoms with Crippen molar-refractivity contribution in [2.75, 3.05) is 5.73 Å². The van der Waals surface area contributed by atoms with Crippen LogP contribution in [0.3, 0.4) is 0 Å². The Morgan fingerprint density at radius 2 is 2.11 bits per heavy atom. The minimum atomic E-state index is -0.554. The van der Waals surface area contributed by atoms with Gasteiger partial charge in [0.05, 0.1) is 12.0 Å². The highest BCUT2D eigenvalue weighted by molar-refractivity contribution is 5.75. The van der Waals surface area contributed by atoms with Crippen molar-refractivity contribution in [1.29, 1.82) is 0 Å². The Balaban J connectivity index is 2.09. The first-order valence-electron chi connectivity index (χ1n) is 5.11. The maximum atomic E-state index is 13.6. The predicted octanol–water partition coefficient (Wildman–Crippen LogP) is 1.87. The van der Waals surface area contributed by atoms with Gasteiger partial charge in [-0.2, -0.15) is 4.98 Å². The van der Waals surface area contributed by atoms with Crippen LogP contribution in [0.5, 0.6) is 11.6 Å². The molecule has 2 aromatic heterocycles. The molecule has 0 amide bonds. The lowest BCUT2D eigenvalue weighted by Crippen LogP contribution is -1.97. The van der Waals surface area contributed by atoms with Gasteiger partial charge >= 0.3 is 0 Å². The van der Waals surface area contributed by atoms with Crippen LogP contribution in [0.4, 0.5) is 10.1 Å². The number of rotatable bonds is 2. The number of fused-ring (bicyclic) bond motifs is 1. The second-order valence-electron chi connectivity index (χ2n) is 3.54. The number of H-pyrrole nitrogens is 1. The highest BCUT2D eigenvalue weighted by Crippen LogP contribution is 2.31. The minimum absolute atomic E-state index is 0.0629. The summed E-state index contributed by atoms with van der Waals surface area (Å²) in [6.07, 6.45) is 2.74. The van der Waals surface area contributed by atoms with E-state index in [1.807, 2.05) is 0 Å². The van der Waals surface area contributed by atoms with Gasteiger partial charge in [-0.15, -0.1) is 0 Å². The van der Waals surface area contributed by atoms with E-state index in [9.17, 15) is 4.39 Å². The molecule has 0 atom stereocenters. The van der Waals surface area contributed by atoms with Crippen molar-refractivity contribution in [2.45, 2.75) is 0 Å². The van der Waals surface area contributed by atoms with Crippen LogP contribution in [0.1, 0.15) is 0 Å². The average Bonchev–Trinajstić information content (AvgIpc) is 2.83. The maximum absolute atomic E-state index is 13.6. The summed E-state index contributed by atoms with van der Waals surface area (Å²) in [5.41, 5.74) is 6.78. The number of benzene rings is 1. The lowest BCUT2D eigenvalue weighted by atomic mass is 10.3. The summed E-state index contributed by atoms with van der Waals surface area (Å²) >= 11 is 0. The zero-order chi connectivity index (χ0) is 12.5. The fourth-order valence-corrected chi connectivity index (χ4v) is 1.55. The summed E-state index contributed by atoms with van der Waals surface area (Å²) in [7, 11) is 0. The number of aromatic amines is 1. The van der Waals surface area contributed by atoms with Gasteiger partial charge in [0.25, 0.3) is 0 Å². The smallest absolute Gasteiger partial charge is 0.248 e. The third-order valence-electron chi connectivity index (χ3n) is 2.38. The molecule has 0 saturated heterocycles. The highest BCUT2D eigenvalue weighted by atomic mass is 19.1. The van der Waals surface area contributed by atoms with E-state index in [0.29, 0.717) is 11.2 Å². The number of nitrogens with zero attached hydrogens (tertiary/aromatic N) is 3. The zero-order valence-corrected chi connectivity index (χ0v) is 9.09. The molecule has 0 bridgehead atoms. The average molecular weight is 245 g/mol. The van der Waals surface area contributed by atoms with E-state index in [1.54, 1.807) is 6.07 Å². The summed E-state index contributed by atoms with van der Waals surface area (Å²) in [4.78, 5) is 14.6. The van der Waals surface area contributed by atoms with Gasteiger partial charge in [-0.05, 0) is 12.1 Å². The molecule has 3 N–H and O–H groups in total. The predicted molar refractivity (Wildman–Crippen MR) is 62.6 cm³/mol. The quantitative estimate of drug-likeness (QED) is 0.672. The number of halogens is 1. The molecule has 90 valence electrons. The number of ether oxygens (including phenoxy) is 1. The molecule has 0 saturated carbocycles. The lowest BCUT2D eigenvalue weighted by molar-refractivity contribution is 0.433. The number of para-hydroxylation sites is 1. The lowest BCUT2D eigenvalue weighted by Gasteiger charge is -2.08. The van der Waals surface area contributed by atoms with E-state index >= 15 is 0 Å². The number of aromatic nitrogens is 4. The molecule has 0 aliphatic rings. The number of hydrogen-bond acceptors (Lipinski definition) is 5. The third kappa shape index (κ3) is 1.61. The third-order valence-corrected chi connectivity index (χ3v) is 2.38. The van der Waals surface area contributed by atoms with E-state index in [0.717, 1.165) is 0 Å². The van der Waals surface area contributed by atoms with Crippen molar-refractivity contribution in [3.63, 3.8) is 0 Å². The Hall–Kier alpha value is -2.70. The molecule has 0 unspecified atom stereocenters. The van der Waals surface area contributed by atoms with Crippen LogP contribution >= 0.6 is 0 Å². The summed E-state index contributed by atoms with van der Waals surface area (Å²) in [5.74, 6) is -0.442. The van der Waals surface area contributed by atoms with Crippen LogP contribution in [-0.2, 0) is 0 Å². The van der Waals surface area contributed by atoms with Crippen LogP contribution in [0.2, 0.25) is 0 Å². The van der Waals surface area contributed by atoms with Crippen molar-refractivity contribution in [3.05, 3.63) is 36.7 Å². The van der Waals surface area contributed by atoms with Crippen LogP contribution in [-0.4, -0.2) is 19.9 Å².